The average molecular weight is 440 g/mol. The number of hydrogen-bond donors (Lipinski definition) is 1. The lowest BCUT2D eigenvalue weighted by Crippen LogP contribution is -2.26. The lowest BCUT2D eigenvalue weighted by Gasteiger charge is -2.15. The van der Waals surface area contributed by atoms with Gasteiger partial charge in [0.05, 0.1) is 15.9 Å². The molecule has 0 aliphatic rings. The van der Waals surface area contributed by atoms with Gasteiger partial charge in [-0.1, -0.05) is 38.1 Å². The van der Waals surface area contributed by atoms with Gasteiger partial charge in [-0.05, 0) is 54.3 Å². The Hall–Kier alpha value is -3.20. The van der Waals surface area contributed by atoms with Gasteiger partial charge in [0.15, 0.2) is 5.16 Å². The molecule has 0 bridgehead atoms. The van der Waals surface area contributed by atoms with Crippen LogP contribution < -0.4 is 5.32 Å². The van der Waals surface area contributed by atoms with Crippen LogP contribution in [-0.4, -0.2) is 25.6 Å². The van der Waals surface area contributed by atoms with E-state index in [1.807, 2.05) is 19.1 Å². The Kier molecular flexibility index (Phi) is 7.06. The van der Waals surface area contributed by atoms with Gasteiger partial charge < -0.3 is 9.88 Å². The summed E-state index contributed by atoms with van der Waals surface area (Å²) in [6.07, 6.45) is 2.52. The lowest BCUT2D eigenvalue weighted by molar-refractivity contribution is -0.387. The fourth-order valence-corrected chi connectivity index (χ4v) is 3.98. The minimum Gasteiger partial charge on any atom is -0.346 e. The van der Waals surface area contributed by atoms with Crippen LogP contribution >= 0.6 is 11.8 Å². The van der Waals surface area contributed by atoms with Crippen molar-refractivity contribution in [3.8, 4) is 0 Å². The summed E-state index contributed by atoms with van der Waals surface area (Å²) in [4.78, 5) is 24.2. The van der Waals surface area contributed by atoms with Crippen molar-refractivity contribution >= 4 is 23.4 Å². The molecule has 8 nitrogen and oxygen atoms in total. The average Bonchev–Trinajstić information content (AvgIpc) is 3.12. The molecule has 0 saturated heterocycles. The van der Waals surface area contributed by atoms with Gasteiger partial charge in [0, 0.05) is 18.7 Å². The first kappa shape index (κ1) is 22.5. The highest BCUT2D eigenvalue weighted by Gasteiger charge is 2.21. The Morgan fingerprint density at radius 1 is 1.19 bits per heavy atom. The highest BCUT2D eigenvalue weighted by atomic mass is 32.2. The molecule has 2 aromatic carbocycles. The third-order valence-corrected chi connectivity index (χ3v) is 5.88. The van der Waals surface area contributed by atoms with Gasteiger partial charge in [0.25, 0.3) is 11.6 Å². The lowest BCUT2D eigenvalue weighted by atomic mass is 10.00. The Bertz CT molecular complexity index is 1080. The first-order valence-electron chi connectivity index (χ1n) is 9.94. The number of hydrogen-bond acceptors (Lipinski definition) is 6. The molecule has 1 amide bonds. The number of nitro groups is 1. The number of nitrogens with zero attached hydrogens (tertiary/aromatic N) is 4. The van der Waals surface area contributed by atoms with Crippen molar-refractivity contribution < 1.29 is 9.72 Å². The molecular formula is C22H25N5O3S. The van der Waals surface area contributed by atoms with Crippen LogP contribution in [-0.2, 0) is 13.5 Å². The third kappa shape index (κ3) is 5.69. The minimum absolute atomic E-state index is 0.147. The van der Waals surface area contributed by atoms with Crippen molar-refractivity contribution in [2.75, 3.05) is 0 Å². The molecule has 1 unspecified atom stereocenters. The summed E-state index contributed by atoms with van der Waals surface area (Å²) < 4.78 is 1.67. The van der Waals surface area contributed by atoms with E-state index >= 15 is 0 Å². The predicted molar refractivity (Wildman–Crippen MR) is 119 cm³/mol. The van der Waals surface area contributed by atoms with Crippen molar-refractivity contribution in [3.63, 3.8) is 0 Å². The molecule has 1 aromatic heterocycles. The van der Waals surface area contributed by atoms with E-state index in [-0.39, 0.29) is 23.2 Å². The fraction of sp³-hybridized carbons (Fsp3) is 0.318. The zero-order valence-corrected chi connectivity index (χ0v) is 18.7. The summed E-state index contributed by atoms with van der Waals surface area (Å²) in [6.45, 7) is 6.24. The Morgan fingerprint density at radius 2 is 1.90 bits per heavy atom. The summed E-state index contributed by atoms with van der Waals surface area (Å²) in [5.74, 6) is 0.214. The summed E-state index contributed by atoms with van der Waals surface area (Å²) in [7, 11) is 1.76. The maximum Gasteiger partial charge on any atom is 0.284 e. The zero-order valence-electron chi connectivity index (χ0n) is 17.9. The summed E-state index contributed by atoms with van der Waals surface area (Å²) in [5.41, 5.74) is 2.32. The number of amides is 1. The van der Waals surface area contributed by atoms with E-state index in [0.717, 1.165) is 23.7 Å². The van der Waals surface area contributed by atoms with E-state index in [0.29, 0.717) is 16.0 Å². The second-order valence-electron chi connectivity index (χ2n) is 7.80. The highest BCUT2D eigenvalue weighted by Crippen LogP contribution is 2.34. The number of nitrogens with one attached hydrogen (secondary N) is 1. The van der Waals surface area contributed by atoms with Gasteiger partial charge in [-0.2, -0.15) is 0 Å². The second-order valence-corrected chi connectivity index (χ2v) is 8.81. The number of aromatic nitrogens is 3. The van der Waals surface area contributed by atoms with Gasteiger partial charge in [-0.3, -0.25) is 14.9 Å². The van der Waals surface area contributed by atoms with Crippen molar-refractivity contribution in [1.29, 1.82) is 0 Å². The summed E-state index contributed by atoms with van der Waals surface area (Å²) in [5, 5.41) is 22.7. The highest BCUT2D eigenvalue weighted by molar-refractivity contribution is 7.99. The maximum absolute atomic E-state index is 12.7. The van der Waals surface area contributed by atoms with Gasteiger partial charge >= 0.3 is 0 Å². The first-order valence-corrected chi connectivity index (χ1v) is 10.8. The molecular weight excluding hydrogens is 414 g/mol. The molecule has 1 atom stereocenters. The maximum atomic E-state index is 12.7. The molecule has 162 valence electrons. The largest absolute Gasteiger partial charge is 0.346 e. The molecule has 0 aliphatic carbocycles. The Balaban J connectivity index is 1.74. The molecule has 0 aliphatic heterocycles. The van der Waals surface area contributed by atoms with Crippen molar-refractivity contribution in [2.45, 2.75) is 43.3 Å². The quantitative estimate of drug-likeness (QED) is 0.408. The molecule has 31 heavy (non-hydrogen) atoms. The number of carbonyl (C=O) groups is 1. The van der Waals surface area contributed by atoms with E-state index in [2.05, 4.69) is 41.5 Å². The molecule has 0 saturated carbocycles. The number of nitro benzene ring substituents is 1. The number of rotatable bonds is 8. The van der Waals surface area contributed by atoms with Gasteiger partial charge in [-0.15, -0.1) is 10.2 Å². The predicted octanol–water partition coefficient (Wildman–Crippen LogP) is 4.56. The van der Waals surface area contributed by atoms with Gasteiger partial charge in [0.1, 0.15) is 6.33 Å². The summed E-state index contributed by atoms with van der Waals surface area (Å²) in [6, 6.07) is 12.4. The molecule has 0 fully saturated rings. The molecule has 1 N–H and O–H groups in total. The zero-order chi connectivity index (χ0) is 22.5. The SMILES string of the molecule is CC(C)Cc1ccc(C(C)NC(=O)c2ccc(Sc3nncn3C)c([N+](=O)[O-])c2)cc1. The molecule has 0 spiro atoms. The van der Waals surface area contributed by atoms with Crippen molar-refractivity contribution in [3.05, 3.63) is 75.6 Å². The van der Waals surface area contributed by atoms with Crippen LogP contribution in [0.1, 0.15) is 48.3 Å². The molecule has 9 heteroatoms. The Labute approximate surface area is 185 Å². The second kappa shape index (κ2) is 9.74. The Morgan fingerprint density at radius 3 is 2.48 bits per heavy atom. The molecule has 3 aromatic rings. The topological polar surface area (TPSA) is 103 Å². The normalized spacial score (nSPS) is 12.0. The standard InChI is InChI=1S/C22H25N5O3S/c1-14(2)11-16-5-7-17(8-6-16)15(3)24-21(28)18-9-10-20(19(12-18)27(29)30)31-22-25-23-13-26(22)4/h5-10,12-15H,11H2,1-4H3,(H,24,28). The van der Waals surface area contributed by atoms with Crippen LogP contribution in [0.2, 0.25) is 0 Å². The van der Waals surface area contributed by atoms with E-state index in [1.54, 1.807) is 23.7 Å². The minimum atomic E-state index is -0.494. The molecule has 1 heterocycles. The fourth-order valence-electron chi connectivity index (χ4n) is 3.13. The molecule has 3 rings (SSSR count). The van der Waals surface area contributed by atoms with Gasteiger partial charge in [-0.25, -0.2) is 0 Å². The van der Waals surface area contributed by atoms with Crippen LogP contribution in [0.15, 0.2) is 58.8 Å². The number of benzene rings is 2. The first-order chi connectivity index (χ1) is 14.7. The van der Waals surface area contributed by atoms with Crippen LogP contribution in [0.25, 0.3) is 0 Å². The van der Waals surface area contributed by atoms with Crippen molar-refractivity contribution in [2.24, 2.45) is 13.0 Å². The van der Waals surface area contributed by atoms with E-state index < -0.39 is 4.92 Å². The number of aryl methyl sites for hydroxylation is 1. The third-order valence-electron chi connectivity index (χ3n) is 4.76. The van der Waals surface area contributed by atoms with Crippen LogP contribution in [0, 0.1) is 16.0 Å². The van der Waals surface area contributed by atoms with Crippen LogP contribution in [0.3, 0.4) is 0 Å². The van der Waals surface area contributed by atoms with E-state index in [1.165, 1.54) is 18.0 Å². The van der Waals surface area contributed by atoms with Crippen LogP contribution in [0.4, 0.5) is 5.69 Å². The van der Waals surface area contributed by atoms with Crippen molar-refractivity contribution in [1.82, 2.24) is 20.1 Å². The van der Waals surface area contributed by atoms with Crippen LogP contribution in [0.5, 0.6) is 0 Å². The monoisotopic (exact) mass is 439 g/mol. The van der Waals surface area contributed by atoms with E-state index in [9.17, 15) is 14.9 Å². The van der Waals surface area contributed by atoms with Gasteiger partial charge in [0.2, 0.25) is 0 Å². The number of carbonyl (C=O) groups excluding carboxylic acids is 1. The van der Waals surface area contributed by atoms with E-state index in [4.69, 9.17) is 0 Å². The smallest absolute Gasteiger partial charge is 0.284 e. The summed E-state index contributed by atoms with van der Waals surface area (Å²) >= 11 is 1.13. The molecule has 0 radical (unpaired) electrons.